The second-order valence-electron chi connectivity index (χ2n) is 4.58. The smallest absolute Gasteiger partial charge is 0.161 e. The minimum absolute atomic E-state index is 0.0821. The van der Waals surface area contributed by atoms with Gasteiger partial charge in [0, 0.05) is 13.0 Å². The molecule has 0 radical (unpaired) electrons. The number of carbonyl (C=O) groups excluding carboxylic acids is 1. The number of hydrogen-bond acceptors (Lipinski definition) is 5. The fourth-order valence-corrected chi connectivity index (χ4v) is 2.65. The van der Waals surface area contributed by atoms with Gasteiger partial charge in [0.05, 0.1) is 6.61 Å². The van der Waals surface area contributed by atoms with E-state index in [0.29, 0.717) is 6.42 Å². The summed E-state index contributed by atoms with van der Waals surface area (Å²) < 4.78 is 5.56. The molecule has 1 saturated carbocycles. The van der Waals surface area contributed by atoms with E-state index in [9.17, 15) is 4.79 Å². The maximum absolute atomic E-state index is 11.7. The molecule has 0 N–H and O–H groups in total. The Kier molecular flexibility index (Phi) is 1.86. The van der Waals surface area contributed by atoms with Crippen molar-refractivity contribution in [1.82, 2.24) is 5.01 Å². The molecule has 3 aliphatic rings. The van der Waals surface area contributed by atoms with Gasteiger partial charge in [-0.1, -0.05) is 12.1 Å². The van der Waals surface area contributed by atoms with Crippen LogP contribution in [-0.4, -0.2) is 41.6 Å². The number of carbonyl (C=O) groups is 1. The highest BCUT2D eigenvalue weighted by Gasteiger charge is 2.62. The zero-order valence-electron chi connectivity index (χ0n) is 8.85. The van der Waals surface area contributed by atoms with Gasteiger partial charge >= 0.3 is 0 Å². The highest BCUT2D eigenvalue weighted by molar-refractivity contribution is 5.86. The van der Waals surface area contributed by atoms with Crippen LogP contribution in [0, 0.1) is 0 Å². The Hall–Kier alpha value is -0.970. The number of rotatable bonds is 2. The van der Waals surface area contributed by atoms with Crippen LogP contribution in [0.1, 0.15) is 26.2 Å². The van der Waals surface area contributed by atoms with Gasteiger partial charge in [-0.15, -0.1) is 0 Å². The molecule has 82 valence electrons. The summed E-state index contributed by atoms with van der Waals surface area (Å²) in [5, 5.41) is 10.2. The van der Waals surface area contributed by atoms with E-state index >= 15 is 0 Å². The monoisotopic (exact) mass is 209 g/mol. The Morgan fingerprint density at radius 1 is 1.67 bits per heavy atom. The molecule has 0 bridgehead atoms. The van der Waals surface area contributed by atoms with Crippen LogP contribution in [0.15, 0.2) is 10.3 Å². The molecule has 1 spiro atoms. The molecule has 0 amide bonds. The lowest BCUT2D eigenvalue weighted by Crippen LogP contribution is -2.53. The van der Waals surface area contributed by atoms with Gasteiger partial charge in [-0.25, -0.2) is 0 Å². The van der Waals surface area contributed by atoms with Gasteiger partial charge < -0.3 is 4.74 Å². The fourth-order valence-electron chi connectivity index (χ4n) is 2.65. The molecule has 2 aliphatic heterocycles. The molecule has 3 atom stereocenters. The van der Waals surface area contributed by atoms with Crippen molar-refractivity contribution in [2.24, 2.45) is 10.3 Å². The van der Waals surface area contributed by atoms with Crippen molar-refractivity contribution in [3.05, 3.63) is 0 Å². The number of nitrogens with zero attached hydrogens (tertiary/aromatic N) is 3. The van der Waals surface area contributed by atoms with Crippen molar-refractivity contribution < 1.29 is 9.53 Å². The van der Waals surface area contributed by atoms with Gasteiger partial charge in [-0.05, 0) is 12.8 Å². The maximum atomic E-state index is 11.7. The van der Waals surface area contributed by atoms with Crippen LogP contribution in [0.2, 0.25) is 0 Å². The third kappa shape index (κ3) is 1.22. The second kappa shape index (κ2) is 3.01. The molecular weight excluding hydrogens is 194 g/mol. The Bertz CT molecular complexity index is 325. The Morgan fingerprint density at radius 2 is 2.47 bits per heavy atom. The SMILES string of the molecule is CCCN1N=NC2C(=O)CCC3(CO3)C21. The van der Waals surface area contributed by atoms with Gasteiger partial charge in [0.1, 0.15) is 11.6 Å². The van der Waals surface area contributed by atoms with Crippen molar-refractivity contribution >= 4 is 5.78 Å². The van der Waals surface area contributed by atoms with Gasteiger partial charge in [0.25, 0.3) is 0 Å². The first-order valence-electron chi connectivity index (χ1n) is 5.61. The van der Waals surface area contributed by atoms with E-state index in [-0.39, 0.29) is 23.5 Å². The largest absolute Gasteiger partial charge is 0.367 e. The van der Waals surface area contributed by atoms with E-state index < -0.39 is 0 Å². The number of Topliss-reactive ketones (excluding diaryl/α,β-unsaturated/α-hetero) is 1. The Labute approximate surface area is 88.5 Å². The number of epoxide rings is 1. The zero-order chi connectivity index (χ0) is 10.5. The average Bonchev–Trinajstić information content (AvgIpc) is 2.87. The standard InChI is InChI=1S/C10H15N3O2/c1-2-5-13-9-8(11-12-13)7(14)3-4-10(9)6-15-10/h8-9H,2-6H2,1H3. The van der Waals surface area contributed by atoms with Crippen LogP contribution in [0.4, 0.5) is 0 Å². The third-order valence-electron chi connectivity index (χ3n) is 3.54. The lowest BCUT2D eigenvalue weighted by atomic mass is 9.80. The van der Waals surface area contributed by atoms with Crippen LogP contribution in [0.3, 0.4) is 0 Å². The molecular formula is C10H15N3O2. The van der Waals surface area contributed by atoms with Crippen LogP contribution >= 0.6 is 0 Å². The summed E-state index contributed by atoms with van der Waals surface area (Å²) in [7, 11) is 0. The molecule has 1 aliphatic carbocycles. The van der Waals surface area contributed by atoms with E-state index in [4.69, 9.17) is 4.74 Å². The molecule has 0 aromatic heterocycles. The molecule has 3 rings (SSSR count). The van der Waals surface area contributed by atoms with E-state index in [2.05, 4.69) is 17.3 Å². The zero-order valence-corrected chi connectivity index (χ0v) is 8.85. The summed E-state index contributed by atoms with van der Waals surface area (Å²) in [6, 6.07) is -0.175. The molecule has 2 heterocycles. The molecule has 15 heavy (non-hydrogen) atoms. The highest BCUT2D eigenvalue weighted by Crippen LogP contribution is 2.46. The topological polar surface area (TPSA) is 57.6 Å². The number of ketones is 1. The fraction of sp³-hybridized carbons (Fsp3) is 0.900. The van der Waals surface area contributed by atoms with Crippen molar-refractivity contribution in [2.75, 3.05) is 13.2 Å². The van der Waals surface area contributed by atoms with Crippen LogP contribution < -0.4 is 0 Å². The highest BCUT2D eigenvalue weighted by atomic mass is 16.6. The average molecular weight is 209 g/mol. The van der Waals surface area contributed by atoms with Crippen LogP contribution in [0.5, 0.6) is 0 Å². The molecule has 5 nitrogen and oxygen atoms in total. The second-order valence-corrected chi connectivity index (χ2v) is 4.58. The summed E-state index contributed by atoms with van der Waals surface area (Å²) in [6.45, 7) is 3.74. The number of fused-ring (bicyclic) bond motifs is 2. The predicted molar refractivity (Wildman–Crippen MR) is 52.4 cm³/mol. The third-order valence-corrected chi connectivity index (χ3v) is 3.54. The van der Waals surface area contributed by atoms with Crippen LogP contribution in [0.25, 0.3) is 0 Å². The van der Waals surface area contributed by atoms with Gasteiger partial charge in [0.15, 0.2) is 11.8 Å². The first-order chi connectivity index (χ1) is 7.27. The molecule has 5 heteroatoms. The van der Waals surface area contributed by atoms with Gasteiger partial charge in [0.2, 0.25) is 0 Å². The number of hydrogen-bond donors (Lipinski definition) is 0. The summed E-state index contributed by atoms with van der Waals surface area (Å²) >= 11 is 0. The lowest BCUT2D eigenvalue weighted by Gasteiger charge is -2.33. The Balaban J connectivity index is 1.86. The quantitative estimate of drug-likeness (QED) is 0.636. The van der Waals surface area contributed by atoms with Crippen molar-refractivity contribution in [2.45, 2.75) is 43.9 Å². The molecule has 1 saturated heterocycles. The van der Waals surface area contributed by atoms with E-state index in [0.717, 1.165) is 26.0 Å². The molecule has 0 aromatic rings. The van der Waals surface area contributed by atoms with Crippen LogP contribution in [-0.2, 0) is 9.53 Å². The molecule has 0 aromatic carbocycles. The van der Waals surface area contributed by atoms with E-state index in [1.165, 1.54) is 0 Å². The van der Waals surface area contributed by atoms with E-state index in [1.54, 1.807) is 0 Å². The predicted octanol–water partition coefficient (Wildman–Crippen LogP) is 0.948. The summed E-state index contributed by atoms with van der Waals surface area (Å²) in [5.41, 5.74) is -0.1000. The van der Waals surface area contributed by atoms with Crippen molar-refractivity contribution in [3.63, 3.8) is 0 Å². The molecule has 3 unspecified atom stereocenters. The summed E-state index contributed by atoms with van der Waals surface area (Å²) in [6.07, 6.45) is 2.46. The summed E-state index contributed by atoms with van der Waals surface area (Å²) in [5.74, 6) is 0.225. The van der Waals surface area contributed by atoms with Gasteiger partial charge in [-0.3, -0.25) is 9.80 Å². The maximum Gasteiger partial charge on any atom is 0.161 e. The van der Waals surface area contributed by atoms with Crippen molar-refractivity contribution in [3.8, 4) is 0 Å². The minimum atomic E-state index is -0.257. The lowest BCUT2D eigenvalue weighted by molar-refractivity contribution is -0.124. The van der Waals surface area contributed by atoms with Gasteiger partial charge in [-0.2, -0.15) is 5.11 Å². The minimum Gasteiger partial charge on any atom is -0.367 e. The summed E-state index contributed by atoms with van der Waals surface area (Å²) in [4.78, 5) is 11.7. The van der Waals surface area contributed by atoms with E-state index in [1.807, 2.05) is 5.01 Å². The molecule has 2 fully saturated rings. The Morgan fingerprint density at radius 3 is 3.13 bits per heavy atom. The first-order valence-corrected chi connectivity index (χ1v) is 5.61. The normalized spacial score (nSPS) is 42.5. The first kappa shape index (κ1) is 9.27. The number of ether oxygens (including phenoxy) is 1. The van der Waals surface area contributed by atoms with Crippen molar-refractivity contribution in [1.29, 1.82) is 0 Å².